The normalized spacial score (nSPS) is 12.4. The average Bonchev–Trinajstić information content (AvgIpc) is 2.99. The number of benzene rings is 3. The van der Waals surface area contributed by atoms with Crippen LogP contribution in [-0.2, 0) is 0 Å². The smallest absolute Gasteiger partial charge is 0.199 e. The van der Waals surface area contributed by atoms with Crippen molar-refractivity contribution in [3.8, 4) is 38.8 Å². The molecule has 0 aliphatic heterocycles. The summed E-state index contributed by atoms with van der Waals surface area (Å²) in [6, 6.07) is 14.9. The highest BCUT2D eigenvalue weighted by molar-refractivity contribution is 7.23. The van der Waals surface area contributed by atoms with Gasteiger partial charge in [-0.15, -0.1) is 11.3 Å². The Labute approximate surface area is 152 Å². The molecule has 26 heavy (non-hydrogen) atoms. The molecule has 0 fully saturated rings. The standard InChI is InChI=1S/C21H12O4S/c22-11-6-4-10(5-7-11)21-19-18-14(8-12(23)9-16(18)26-21)13-2-1-3-15(24)17(13)20(19)25/h1-9,22-24H. The highest BCUT2D eigenvalue weighted by Crippen LogP contribution is 2.50. The van der Waals surface area contributed by atoms with E-state index in [1.807, 2.05) is 0 Å². The van der Waals surface area contributed by atoms with Gasteiger partial charge in [-0.1, -0.05) is 12.1 Å². The van der Waals surface area contributed by atoms with Crippen LogP contribution < -0.4 is 0 Å². The summed E-state index contributed by atoms with van der Waals surface area (Å²) in [5, 5.41) is 30.8. The van der Waals surface area contributed by atoms with Gasteiger partial charge in [0.2, 0.25) is 0 Å². The van der Waals surface area contributed by atoms with Gasteiger partial charge in [-0.25, -0.2) is 0 Å². The summed E-state index contributed by atoms with van der Waals surface area (Å²) in [4.78, 5) is 14.0. The average molecular weight is 360 g/mol. The lowest BCUT2D eigenvalue weighted by atomic mass is 9.83. The Morgan fingerprint density at radius 1 is 0.769 bits per heavy atom. The number of rotatable bonds is 1. The number of hydrogen-bond acceptors (Lipinski definition) is 5. The number of fused-ring (bicyclic) bond motifs is 2. The third kappa shape index (κ3) is 1.92. The number of ketones is 1. The van der Waals surface area contributed by atoms with Crippen molar-refractivity contribution in [2.24, 2.45) is 0 Å². The first-order valence-electron chi connectivity index (χ1n) is 8.00. The predicted molar refractivity (Wildman–Crippen MR) is 101 cm³/mol. The number of phenols is 3. The van der Waals surface area contributed by atoms with E-state index in [9.17, 15) is 20.1 Å². The molecule has 3 aromatic carbocycles. The maximum absolute atomic E-state index is 13.3. The molecule has 1 aliphatic carbocycles. The van der Waals surface area contributed by atoms with Crippen molar-refractivity contribution in [1.82, 2.24) is 0 Å². The fraction of sp³-hybridized carbons (Fsp3) is 0. The molecular weight excluding hydrogens is 348 g/mol. The first kappa shape index (κ1) is 15.0. The minimum atomic E-state index is -0.231. The maximum Gasteiger partial charge on any atom is 0.199 e. The molecule has 0 atom stereocenters. The molecule has 4 aromatic rings. The largest absolute Gasteiger partial charge is 0.508 e. The molecule has 1 heterocycles. The molecule has 5 rings (SSSR count). The van der Waals surface area contributed by atoms with Crippen molar-refractivity contribution in [2.75, 3.05) is 0 Å². The summed E-state index contributed by atoms with van der Waals surface area (Å²) in [5.41, 5.74) is 2.95. The molecule has 1 aliphatic rings. The Hall–Kier alpha value is -3.31. The maximum atomic E-state index is 13.3. The van der Waals surface area contributed by atoms with Crippen LogP contribution in [0.5, 0.6) is 17.2 Å². The predicted octanol–water partition coefficient (Wildman–Crippen LogP) is 4.90. The molecule has 0 radical (unpaired) electrons. The molecule has 0 bridgehead atoms. The first-order chi connectivity index (χ1) is 12.5. The van der Waals surface area contributed by atoms with Gasteiger partial charge in [0, 0.05) is 20.5 Å². The van der Waals surface area contributed by atoms with Crippen molar-refractivity contribution in [3.63, 3.8) is 0 Å². The van der Waals surface area contributed by atoms with E-state index in [0.717, 1.165) is 26.1 Å². The lowest BCUT2D eigenvalue weighted by Gasteiger charge is -2.18. The number of carbonyl (C=O) groups excluding carboxylic acids is 1. The molecule has 5 heteroatoms. The van der Waals surface area contributed by atoms with Crippen molar-refractivity contribution in [1.29, 1.82) is 0 Å². The molecule has 0 saturated heterocycles. The van der Waals surface area contributed by atoms with Crippen LogP contribution in [-0.4, -0.2) is 21.1 Å². The zero-order valence-electron chi connectivity index (χ0n) is 13.4. The second-order valence-corrected chi connectivity index (χ2v) is 7.30. The van der Waals surface area contributed by atoms with Gasteiger partial charge in [-0.05, 0) is 59.2 Å². The second kappa shape index (κ2) is 5.09. The fourth-order valence-corrected chi connectivity index (χ4v) is 4.85. The van der Waals surface area contributed by atoms with Crippen molar-refractivity contribution >= 4 is 27.2 Å². The lowest BCUT2D eigenvalue weighted by Crippen LogP contribution is -2.09. The molecule has 0 amide bonds. The highest BCUT2D eigenvalue weighted by atomic mass is 32.1. The zero-order chi connectivity index (χ0) is 18.0. The third-order valence-corrected chi connectivity index (χ3v) is 5.88. The van der Waals surface area contributed by atoms with Crippen molar-refractivity contribution in [3.05, 3.63) is 65.7 Å². The van der Waals surface area contributed by atoms with Crippen molar-refractivity contribution < 1.29 is 20.1 Å². The molecule has 0 unspecified atom stereocenters. The zero-order valence-corrected chi connectivity index (χ0v) is 14.2. The van der Waals surface area contributed by atoms with Crippen LogP contribution in [0.1, 0.15) is 15.9 Å². The summed E-state index contributed by atoms with van der Waals surface area (Å²) in [6.07, 6.45) is 0. The Morgan fingerprint density at radius 3 is 2.31 bits per heavy atom. The van der Waals surface area contributed by atoms with E-state index in [4.69, 9.17) is 0 Å². The second-order valence-electron chi connectivity index (χ2n) is 6.25. The molecule has 0 spiro atoms. The van der Waals surface area contributed by atoms with Crippen LogP contribution in [0.25, 0.3) is 31.7 Å². The van der Waals surface area contributed by atoms with Gasteiger partial charge in [-0.3, -0.25) is 4.79 Å². The molecule has 126 valence electrons. The third-order valence-electron chi connectivity index (χ3n) is 4.69. The van der Waals surface area contributed by atoms with Crippen LogP contribution in [0.15, 0.2) is 54.6 Å². The van der Waals surface area contributed by atoms with E-state index in [-0.39, 0.29) is 28.6 Å². The van der Waals surface area contributed by atoms with Crippen LogP contribution in [0.3, 0.4) is 0 Å². The number of carbonyl (C=O) groups is 1. The van der Waals surface area contributed by atoms with Crippen LogP contribution >= 0.6 is 11.3 Å². The van der Waals surface area contributed by atoms with Crippen LogP contribution in [0.2, 0.25) is 0 Å². The lowest BCUT2D eigenvalue weighted by molar-refractivity contribution is 0.103. The van der Waals surface area contributed by atoms with E-state index >= 15 is 0 Å². The van der Waals surface area contributed by atoms with E-state index in [0.29, 0.717) is 11.1 Å². The van der Waals surface area contributed by atoms with E-state index in [1.54, 1.807) is 48.5 Å². The molecule has 1 aromatic heterocycles. The summed E-state index contributed by atoms with van der Waals surface area (Å²) < 4.78 is 0.806. The Bertz CT molecular complexity index is 1220. The SMILES string of the molecule is O=C1c2c(O)cccc2-c2cc(O)cc3sc(-c4ccc(O)cc4)c1c23. The first-order valence-corrected chi connectivity index (χ1v) is 8.82. The van der Waals surface area contributed by atoms with Gasteiger partial charge < -0.3 is 15.3 Å². The van der Waals surface area contributed by atoms with E-state index in [2.05, 4.69) is 0 Å². The summed E-state index contributed by atoms with van der Waals surface area (Å²) in [6.45, 7) is 0. The van der Waals surface area contributed by atoms with Crippen LogP contribution in [0, 0.1) is 0 Å². The monoisotopic (exact) mass is 360 g/mol. The summed E-state index contributed by atoms with van der Waals surface area (Å²) in [7, 11) is 0. The van der Waals surface area contributed by atoms with Gasteiger partial charge in [0.05, 0.1) is 5.56 Å². The Morgan fingerprint density at radius 2 is 1.54 bits per heavy atom. The summed E-state index contributed by atoms with van der Waals surface area (Å²) >= 11 is 1.41. The molecule has 4 nitrogen and oxygen atoms in total. The van der Waals surface area contributed by atoms with Crippen molar-refractivity contribution in [2.45, 2.75) is 0 Å². The number of thiophene rings is 1. The van der Waals surface area contributed by atoms with Gasteiger partial charge in [0.1, 0.15) is 17.2 Å². The molecular formula is C21H12O4S. The number of hydrogen-bond donors (Lipinski definition) is 3. The van der Waals surface area contributed by atoms with E-state index < -0.39 is 0 Å². The fourth-order valence-electron chi connectivity index (χ4n) is 3.59. The van der Waals surface area contributed by atoms with E-state index in [1.165, 1.54) is 17.4 Å². The van der Waals surface area contributed by atoms with Gasteiger partial charge in [-0.2, -0.15) is 0 Å². The molecule has 3 N–H and O–H groups in total. The number of aromatic hydroxyl groups is 3. The Balaban J connectivity index is 1.93. The minimum Gasteiger partial charge on any atom is -0.508 e. The Kier molecular flexibility index (Phi) is 2.94. The van der Waals surface area contributed by atoms with Gasteiger partial charge >= 0.3 is 0 Å². The van der Waals surface area contributed by atoms with Gasteiger partial charge in [0.25, 0.3) is 0 Å². The quantitative estimate of drug-likeness (QED) is 0.397. The molecule has 0 saturated carbocycles. The number of phenolic OH excluding ortho intramolecular Hbond substituents is 3. The topological polar surface area (TPSA) is 77.8 Å². The van der Waals surface area contributed by atoms with Gasteiger partial charge in [0.15, 0.2) is 5.78 Å². The highest BCUT2D eigenvalue weighted by Gasteiger charge is 2.32. The minimum absolute atomic E-state index is 0.0718. The summed E-state index contributed by atoms with van der Waals surface area (Å²) in [5.74, 6) is -0.0412. The van der Waals surface area contributed by atoms with Crippen LogP contribution in [0.4, 0.5) is 0 Å².